The standard InChI is InChI=1S/C25H28N4O3/c1-2-4-22(14-25(30)31)21-7-9-23(10-8-21)32-17-20-6-3-5-19(13-20)15-28-11-12-29(18-26)24(27)16-28/h3,5-10,13,18,22,26-27H,11-12,14-17H2,1H3,(H,30,31). The highest BCUT2D eigenvalue weighted by Gasteiger charge is 2.19. The van der Waals surface area contributed by atoms with Crippen LogP contribution in [0, 0.1) is 22.7 Å². The van der Waals surface area contributed by atoms with Crippen molar-refractivity contribution in [2.24, 2.45) is 0 Å². The quantitative estimate of drug-likeness (QED) is 0.320. The second-order valence-electron chi connectivity index (χ2n) is 7.70. The van der Waals surface area contributed by atoms with E-state index in [1.54, 1.807) is 11.8 Å². The third-order valence-corrected chi connectivity index (χ3v) is 5.32. The van der Waals surface area contributed by atoms with E-state index in [0.717, 1.165) is 29.8 Å². The molecule has 0 bridgehead atoms. The molecule has 3 N–H and O–H groups in total. The predicted octanol–water partition coefficient (Wildman–Crippen LogP) is 3.55. The van der Waals surface area contributed by atoms with Crippen molar-refractivity contribution < 1.29 is 14.6 Å². The minimum absolute atomic E-state index is 0.0241. The Kier molecular flexibility index (Phi) is 8.01. The highest BCUT2D eigenvalue weighted by molar-refractivity contribution is 5.91. The second-order valence-corrected chi connectivity index (χ2v) is 7.70. The summed E-state index contributed by atoms with van der Waals surface area (Å²) >= 11 is 0. The number of rotatable bonds is 9. The largest absolute Gasteiger partial charge is 0.489 e. The summed E-state index contributed by atoms with van der Waals surface area (Å²) in [5, 5.41) is 24.4. The summed E-state index contributed by atoms with van der Waals surface area (Å²) < 4.78 is 5.93. The van der Waals surface area contributed by atoms with Gasteiger partial charge in [0.25, 0.3) is 0 Å². The van der Waals surface area contributed by atoms with Crippen LogP contribution in [0.15, 0.2) is 48.5 Å². The van der Waals surface area contributed by atoms with Crippen LogP contribution < -0.4 is 4.74 Å². The van der Waals surface area contributed by atoms with E-state index in [2.05, 4.69) is 28.9 Å². The molecular formula is C25H28N4O3. The molecule has 1 atom stereocenters. The molecule has 1 aliphatic heterocycles. The van der Waals surface area contributed by atoms with E-state index in [1.807, 2.05) is 36.4 Å². The molecule has 0 saturated carbocycles. The number of benzene rings is 2. The summed E-state index contributed by atoms with van der Waals surface area (Å²) in [5.41, 5.74) is 3.08. The highest BCUT2D eigenvalue weighted by atomic mass is 16.5. The number of hydrogen-bond donors (Lipinski definition) is 3. The number of hydrogen-bond acceptors (Lipinski definition) is 5. The molecule has 0 aromatic heterocycles. The van der Waals surface area contributed by atoms with Crippen molar-refractivity contribution in [2.75, 3.05) is 19.6 Å². The van der Waals surface area contributed by atoms with Gasteiger partial charge in [-0.25, -0.2) is 0 Å². The van der Waals surface area contributed by atoms with Crippen LogP contribution in [0.2, 0.25) is 0 Å². The van der Waals surface area contributed by atoms with Crippen molar-refractivity contribution in [3.63, 3.8) is 0 Å². The van der Waals surface area contributed by atoms with Gasteiger partial charge in [-0.05, 0) is 35.7 Å². The Morgan fingerprint density at radius 3 is 2.62 bits per heavy atom. The van der Waals surface area contributed by atoms with Crippen LogP contribution in [0.1, 0.15) is 36.0 Å². The monoisotopic (exact) mass is 432 g/mol. The summed E-state index contributed by atoms with van der Waals surface area (Å²) in [6, 6.07) is 15.6. The molecule has 32 heavy (non-hydrogen) atoms. The van der Waals surface area contributed by atoms with Crippen molar-refractivity contribution in [3.8, 4) is 17.6 Å². The fourth-order valence-corrected chi connectivity index (χ4v) is 3.68. The summed E-state index contributed by atoms with van der Waals surface area (Å²) in [4.78, 5) is 14.9. The van der Waals surface area contributed by atoms with Crippen molar-refractivity contribution >= 4 is 18.1 Å². The number of ether oxygens (including phenoxy) is 1. The Hall–Kier alpha value is -3.63. The fraction of sp³-hybridized carbons (Fsp3) is 0.320. The molecule has 1 heterocycles. The lowest BCUT2D eigenvalue weighted by Crippen LogP contribution is -2.48. The van der Waals surface area contributed by atoms with Gasteiger partial charge >= 0.3 is 5.97 Å². The van der Waals surface area contributed by atoms with Crippen LogP contribution in [-0.4, -0.2) is 52.7 Å². The minimum Gasteiger partial charge on any atom is -0.489 e. The normalized spacial score (nSPS) is 14.9. The number of carbonyl (C=O) groups is 1. The molecule has 1 unspecified atom stereocenters. The van der Waals surface area contributed by atoms with Gasteiger partial charge in [-0.3, -0.25) is 20.5 Å². The lowest BCUT2D eigenvalue weighted by atomic mass is 9.96. The number of nitrogens with zero attached hydrogens (tertiary/aromatic N) is 2. The Bertz CT molecular complexity index is 1020. The zero-order chi connectivity index (χ0) is 22.9. The third-order valence-electron chi connectivity index (χ3n) is 5.32. The molecular weight excluding hydrogens is 404 g/mol. The minimum atomic E-state index is -0.869. The Labute approximate surface area is 188 Å². The van der Waals surface area contributed by atoms with Gasteiger partial charge in [-0.1, -0.05) is 42.3 Å². The molecule has 2 aromatic rings. The Morgan fingerprint density at radius 1 is 1.22 bits per heavy atom. The van der Waals surface area contributed by atoms with E-state index in [9.17, 15) is 4.79 Å². The first-order valence-electron chi connectivity index (χ1n) is 10.5. The summed E-state index contributed by atoms with van der Waals surface area (Å²) in [5.74, 6) is 5.72. The van der Waals surface area contributed by atoms with Gasteiger partial charge < -0.3 is 14.7 Å². The van der Waals surface area contributed by atoms with E-state index in [1.165, 1.54) is 6.34 Å². The second kappa shape index (κ2) is 11.1. The predicted molar refractivity (Wildman–Crippen MR) is 124 cm³/mol. The zero-order valence-electron chi connectivity index (χ0n) is 18.2. The van der Waals surface area contributed by atoms with Crippen LogP contribution in [0.4, 0.5) is 0 Å². The van der Waals surface area contributed by atoms with Crippen molar-refractivity contribution in [1.82, 2.24) is 9.80 Å². The molecule has 0 amide bonds. The fourth-order valence-electron chi connectivity index (χ4n) is 3.68. The number of piperazine rings is 1. The average Bonchev–Trinajstić information content (AvgIpc) is 2.78. The van der Waals surface area contributed by atoms with Crippen molar-refractivity contribution in [1.29, 1.82) is 10.8 Å². The number of carboxylic acid groups (broad SMARTS) is 1. The molecule has 166 valence electrons. The first-order chi connectivity index (χ1) is 15.5. The molecule has 7 nitrogen and oxygen atoms in total. The Balaban J connectivity index is 1.57. The number of aliphatic carboxylic acids is 1. The highest BCUT2D eigenvalue weighted by Crippen LogP contribution is 2.23. The molecule has 3 rings (SSSR count). The van der Waals surface area contributed by atoms with Gasteiger partial charge in [-0.15, -0.1) is 5.92 Å². The first-order valence-corrected chi connectivity index (χ1v) is 10.5. The maximum atomic E-state index is 11.1. The van der Waals surface area contributed by atoms with Gasteiger partial charge in [0, 0.05) is 19.6 Å². The van der Waals surface area contributed by atoms with Crippen LogP contribution >= 0.6 is 0 Å². The van der Waals surface area contributed by atoms with E-state index in [-0.39, 0.29) is 12.3 Å². The molecule has 7 heteroatoms. The summed E-state index contributed by atoms with van der Waals surface area (Å²) in [6.45, 7) is 4.90. The van der Waals surface area contributed by atoms with Gasteiger partial charge in [0.15, 0.2) is 0 Å². The van der Waals surface area contributed by atoms with Crippen LogP contribution in [0.3, 0.4) is 0 Å². The van der Waals surface area contributed by atoms with Crippen molar-refractivity contribution in [2.45, 2.75) is 32.4 Å². The van der Waals surface area contributed by atoms with E-state index < -0.39 is 5.97 Å². The van der Waals surface area contributed by atoms with Gasteiger partial charge in [0.1, 0.15) is 18.2 Å². The number of carboxylic acids is 1. The van der Waals surface area contributed by atoms with Crippen LogP contribution in [-0.2, 0) is 17.9 Å². The first kappa shape index (κ1) is 23.0. The van der Waals surface area contributed by atoms with Crippen LogP contribution in [0.25, 0.3) is 0 Å². The summed E-state index contributed by atoms with van der Waals surface area (Å²) in [6.07, 6.45) is 1.19. The topological polar surface area (TPSA) is 101 Å². The Morgan fingerprint density at radius 2 is 1.97 bits per heavy atom. The number of amidine groups is 1. The molecule has 1 saturated heterocycles. The van der Waals surface area contributed by atoms with E-state index in [0.29, 0.717) is 31.3 Å². The summed E-state index contributed by atoms with van der Waals surface area (Å²) in [7, 11) is 0. The van der Waals surface area contributed by atoms with Gasteiger partial charge in [0.05, 0.1) is 25.2 Å². The molecule has 0 radical (unpaired) electrons. The van der Waals surface area contributed by atoms with E-state index in [4.69, 9.17) is 20.7 Å². The molecule has 2 aromatic carbocycles. The average molecular weight is 433 g/mol. The molecule has 0 spiro atoms. The van der Waals surface area contributed by atoms with Gasteiger partial charge in [-0.2, -0.15) is 0 Å². The SMILES string of the molecule is CC#CC(CC(=O)O)c1ccc(OCc2cccc(CN3CCN(C=N)C(=N)C3)c2)cc1. The lowest BCUT2D eigenvalue weighted by Gasteiger charge is -2.33. The van der Waals surface area contributed by atoms with E-state index >= 15 is 0 Å². The molecule has 0 aliphatic carbocycles. The lowest BCUT2D eigenvalue weighted by molar-refractivity contribution is -0.137. The van der Waals surface area contributed by atoms with Gasteiger partial charge in [0.2, 0.25) is 0 Å². The maximum absolute atomic E-state index is 11.1. The third kappa shape index (κ3) is 6.43. The smallest absolute Gasteiger partial charge is 0.304 e. The molecule has 1 aliphatic rings. The van der Waals surface area contributed by atoms with Crippen LogP contribution in [0.5, 0.6) is 5.75 Å². The van der Waals surface area contributed by atoms with Crippen molar-refractivity contribution in [3.05, 3.63) is 65.2 Å². The number of nitrogens with one attached hydrogen (secondary N) is 2. The molecule has 1 fully saturated rings. The zero-order valence-corrected chi connectivity index (χ0v) is 18.2. The maximum Gasteiger partial charge on any atom is 0.304 e.